The predicted octanol–water partition coefficient (Wildman–Crippen LogP) is 4.13. The van der Waals surface area contributed by atoms with Gasteiger partial charge in [-0.05, 0) is 43.5 Å². The number of piperidine rings is 1. The van der Waals surface area contributed by atoms with Crippen LogP contribution in [0.1, 0.15) is 49.5 Å². The number of aryl methyl sites for hydroxylation is 1. The SMILES string of the molecule is COc1ccccc1C(=O)N1CCC[C@@H](c2nnc(C(=O)Nc3ccccc3C)s2)C1. The van der Waals surface area contributed by atoms with Crippen molar-refractivity contribution in [2.45, 2.75) is 25.7 Å². The second-order valence-corrected chi connectivity index (χ2v) is 8.51. The van der Waals surface area contributed by atoms with E-state index >= 15 is 0 Å². The lowest BCUT2D eigenvalue weighted by Crippen LogP contribution is -2.39. The molecule has 2 aromatic carbocycles. The van der Waals surface area contributed by atoms with Crippen LogP contribution in [0.15, 0.2) is 48.5 Å². The minimum absolute atomic E-state index is 0.0517. The van der Waals surface area contributed by atoms with Gasteiger partial charge < -0.3 is 15.0 Å². The maximum absolute atomic E-state index is 13.1. The van der Waals surface area contributed by atoms with Crippen LogP contribution in [0.5, 0.6) is 5.75 Å². The molecule has 8 heteroatoms. The molecule has 1 saturated heterocycles. The van der Waals surface area contributed by atoms with Crippen molar-refractivity contribution in [2.24, 2.45) is 0 Å². The van der Waals surface area contributed by atoms with E-state index in [4.69, 9.17) is 4.74 Å². The van der Waals surface area contributed by atoms with E-state index in [1.807, 2.05) is 48.2 Å². The molecule has 4 rings (SSSR count). The fraction of sp³-hybridized carbons (Fsp3) is 0.304. The zero-order valence-corrected chi connectivity index (χ0v) is 18.3. The summed E-state index contributed by atoms with van der Waals surface area (Å²) in [5.74, 6) is 0.311. The number of ether oxygens (including phenoxy) is 1. The Balaban J connectivity index is 1.46. The third-order valence-corrected chi connectivity index (χ3v) is 6.51. The Morgan fingerprint density at radius 1 is 1.13 bits per heavy atom. The van der Waals surface area contributed by atoms with E-state index in [0.29, 0.717) is 29.4 Å². The van der Waals surface area contributed by atoms with Crippen molar-refractivity contribution in [2.75, 3.05) is 25.5 Å². The van der Waals surface area contributed by atoms with Crippen LogP contribution in [-0.2, 0) is 0 Å². The molecule has 160 valence electrons. The number of aromatic nitrogens is 2. The van der Waals surface area contributed by atoms with Gasteiger partial charge >= 0.3 is 0 Å². The monoisotopic (exact) mass is 436 g/mol. The second kappa shape index (κ2) is 9.26. The molecular formula is C23H24N4O3S. The molecule has 0 saturated carbocycles. The lowest BCUT2D eigenvalue weighted by atomic mass is 9.98. The Morgan fingerprint density at radius 2 is 1.90 bits per heavy atom. The Hall–Kier alpha value is -3.26. The van der Waals surface area contributed by atoms with E-state index in [1.165, 1.54) is 11.3 Å². The molecule has 7 nitrogen and oxygen atoms in total. The van der Waals surface area contributed by atoms with Crippen LogP contribution in [0.4, 0.5) is 5.69 Å². The fourth-order valence-corrected chi connectivity index (χ4v) is 4.60. The number of carbonyl (C=O) groups is 2. The molecule has 2 heterocycles. The molecule has 3 aromatic rings. The fourth-order valence-electron chi connectivity index (χ4n) is 3.74. The number of nitrogens with zero attached hydrogens (tertiary/aromatic N) is 3. The number of methoxy groups -OCH3 is 1. The summed E-state index contributed by atoms with van der Waals surface area (Å²) in [5, 5.41) is 12.4. The molecule has 0 unspecified atom stereocenters. The first-order valence-electron chi connectivity index (χ1n) is 10.2. The molecule has 1 atom stereocenters. The van der Waals surface area contributed by atoms with E-state index in [0.717, 1.165) is 29.1 Å². The smallest absolute Gasteiger partial charge is 0.286 e. The number of hydrogen-bond donors (Lipinski definition) is 1. The molecule has 2 amide bonds. The van der Waals surface area contributed by atoms with Gasteiger partial charge in [-0.3, -0.25) is 9.59 Å². The van der Waals surface area contributed by atoms with Gasteiger partial charge in [0.15, 0.2) is 0 Å². The highest BCUT2D eigenvalue weighted by Crippen LogP contribution is 2.31. The standard InChI is InChI=1S/C23H24N4O3S/c1-15-8-3-5-11-18(15)24-20(28)22-26-25-21(31-22)16-9-7-13-27(14-16)23(29)17-10-4-6-12-19(17)30-2/h3-6,8,10-12,16H,7,9,13-14H2,1-2H3,(H,24,28)/t16-/m1/s1. The average Bonchev–Trinajstić information content (AvgIpc) is 3.31. The molecule has 0 aliphatic carbocycles. The van der Waals surface area contributed by atoms with Gasteiger partial charge in [-0.15, -0.1) is 10.2 Å². The van der Waals surface area contributed by atoms with Gasteiger partial charge in [0.25, 0.3) is 11.8 Å². The Kier molecular flexibility index (Phi) is 6.27. The minimum atomic E-state index is -0.268. The minimum Gasteiger partial charge on any atom is -0.496 e. The van der Waals surface area contributed by atoms with Crippen LogP contribution in [0, 0.1) is 6.92 Å². The van der Waals surface area contributed by atoms with Crippen LogP contribution in [0.25, 0.3) is 0 Å². The normalized spacial score (nSPS) is 16.1. The first kappa shape index (κ1) is 21.0. The molecule has 0 spiro atoms. The van der Waals surface area contributed by atoms with E-state index in [2.05, 4.69) is 15.5 Å². The summed E-state index contributed by atoms with van der Waals surface area (Å²) in [4.78, 5) is 27.5. The summed E-state index contributed by atoms with van der Waals surface area (Å²) in [6.07, 6.45) is 1.78. The van der Waals surface area contributed by atoms with Crippen LogP contribution in [0.3, 0.4) is 0 Å². The second-order valence-electron chi connectivity index (χ2n) is 7.51. The molecule has 0 radical (unpaired) electrons. The maximum Gasteiger partial charge on any atom is 0.286 e. The van der Waals surface area contributed by atoms with Crippen molar-refractivity contribution in [3.05, 3.63) is 69.7 Å². The molecule has 1 N–H and O–H groups in total. The Labute approximate surface area is 185 Å². The lowest BCUT2D eigenvalue weighted by molar-refractivity contribution is 0.0703. The third kappa shape index (κ3) is 4.59. The topological polar surface area (TPSA) is 84.4 Å². The number of likely N-dealkylation sites (tertiary alicyclic amines) is 1. The molecule has 31 heavy (non-hydrogen) atoms. The number of carbonyl (C=O) groups excluding carboxylic acids is 2. The maximum atomic E-state index is 13.1. The first-order chi connectivity index (χ1) is 15.1. The predicted molar refractivity (Wildman–Crippen MR) is 120 cm³/mol. The van der Waals surface area contributed by atoms with E-state index in [1.54, 1.807) is 19.2 Å². The number of anilines is 1. The zero-order chi connectivity index (χ0) is 21.8. The zero-order valence-electron chi connectivity index (χ0n) is 17.5. The highest BCUT2D eigenvalue weighted by Gasteiger charge is 2.29. The highest BCUT2D eigenvalue weighted by atomic mass is 32.1. The quantitative estimate of drug-likeness (QED) is 0.650. The van der Waals surface area contributed by atoms with Gasteiger partial charge in [0, 0.05) is 24.7 Å². The molecule has 1 aliphatic rings. The van der Waals surface area contributed by atoms with Gasteiger partial charge in [0.1, 0.15) is 10.8 Å². The summed E-state index contributed by atoms with van der Waals surface area (Å²) >= 11 is 1.29. The summed E-state index contributed by atoms with van der Waals surface area (Å²) in [7, 11) is 1.57. The largest absolute Gasteiger partial charge is 0.496 e. The summed E-state index contributed by atoms with van der Waals surface area (Å²) in [6, 6.07) is 14.9. The van der Waals surface area contributed by atoms with Crippen molar-refractivity contribution >= 4 is 28.8 Å². The number of benzene rings is 2. The number of hydrogen-bond acceptors (Lipinski definition) is 6. The molecule has 1 aliphatic heterocycles. The van der Waals surface area contributed by atoms with Crippen molar-refractivity contribution < 1.29 is 14.3 Å². The number of para-hydroxylation sites is 2. The van der Waals surface area contributed by atoms with Gasteiger partial charge in [-0.25, -0.2) is 0 Å². The van der Waals surface area contributed by atoms with Crippen LogP contribution < -0.4 is 10.1 Å². The molecule has 0 bridgehead atoms. The summed E-state index contributed by atoms with van der Waals surface area (Å²) in [6.45, 7) is 3.17. The Bertz CT molecular complexity index is 1100. The van der Waals surface area contributed by atoms with Crippen molar-refractivity contribution in [1.29, 1.82) is 0 Å². The number of amides is 2. The van der Waals surface area contributed by atoms with E-state index < -0.39 is 0 Å². The van der Waals surface area contributed by atoms with Gasteiger partial charge in [-0.1, -0.05) is 41.7 Å². The van der Waals surface area contributed by atoms with Crippen molar-refractivity contribution in [1.82, 2.24) is 15.1 Å². The van der Waals surface area contributed by atoms with Crippen molar-refractivity contribution in [3.8, 4) is 5.75 Å². The Morgan fingerprint density at radius 3 is 2.71 bits per heavy atom. The number of nitrogens with one attached hydrogen (secondary N) is 1. The third-order valence-electron chi connectivity index (χ3n) is 5.42. The molecule has 1 aromatic heterocycles. The van der Waals surface area contributed by atoms with Crippen LogP contribution >= 0.6 is 11.3 Å². The molecule has 1 fully saturated rings. The van der Waals surface area contributed by atoms with Crippen LogP contribution in [0.2, 0.25) is 0 Å². The van der Waals surface area contributed by atoms with E-state index in [9.17, 15) is 9.59 Å². The van der Waals surface area contributed by atoms with Gasteiger partial charge in [0.2, 0.25) is 5.01 Å². The van der Waals surface area contributed by atoms with E-state index in [-0.39, 0.29) is 17.7 Å². The van der Waals surface area contributed by atoms with Gasteiger partial charge in [-0.2, -0.15) is 0 Å². The lowest BCUT2D eigenvalue weighted by Gasteiger charge is -2.32. The summed E-state index contributed by atoms with van der Waals surface area (Å²) < 4.78 is 5.34. The van der Waals surface area contributed by atoms with Crippen LogP contribution in [-0.4, -0.2) is 47.1 Å². The molecular weight excluding hydrogens is 412 g/mol. The average molecular weight is 437 g/mol. The van der Waals surface area contributed by atoms with Crippen molar-refractivity contribution in [3.63, 3.8) is 0 Å². The first-order valence-corrected chi connectivity index (χ1v) is 11.0. The number of rotatable bonds is 5. The highest BCUT2D eigenvalue weighted by molar-refractivity contribution is 7.13. The van der Waals surface area contributed by atoms with Gasteiger partial charge in [0.05, 0.1) is 12.7 Å². The summed E-state index contributed by atoms with van der Waals surface area (Å²) in [5.41, 5.74) is 2.30.